The number of benzene rings is 1. The molecule has 2 aromatic rings. The summed E-state index contributed by atoms with van der Waals surface area (Å²) in [6.45, 7) is 1.34. The van der Waals surface area contributed by atoms with E-state index < -0.39 is 0 Å². The lowest BCUT2D eigenvalue weighted by Gasteiger charge is -2.14. The molecule has 1 amide bonds. The number of halogens is 1. The number of rotatable bonds is 1. The zero-order valence-electron chi connectivity index (χ0n) is 9.84. The number of alkyl halides is 1. The van der Waals surface area contributed by atoms with Gasteiger partial charge >= 0.3 is 0 Å². The second-order valence-electron chi connectivity index (χ2n) is 4.53. The smallest absolute Gasteiger partial charge is 0.272 e. The summed E-state index contributed by atoms with van der Waals surface area (Å²) < 4.78 is 0. The third-order valence-corrected chi connectivity index (χ3v) is 3.59. The maximum absolute atomic E-state index is 12.2. The van der Waals surface area contributed by atoms with E-state index >= 15 is 0 Å². The first-order valence-electron chi connectivity index (χ1n) is 6.03. The summed E-state index contributed by atoms with van der Waals surface area (Å²) in [5, 5.41) is 1.13. The van der Waals surface area contributed by atoms with Crippen LogP contribution in [0.2, 0.25) is 0 Å². The normalized spacial score (nSPS) is 19.4. The van der Waals surface area contributed by atoms with Crippen LogP contribution in [0.25, 0.3) is 10.9 Å². The van der Waals surface area contributed by atoms with E-state index in [0.717, 1.165) is 23.9 Å². The lowest BCUT2D eigenvalue weighted by Crippen LogP contribution is -2.29. The molecular weight excluding hydrogens is 248 g/mol. The van der Waals surface area contributed by atoms with Crippen LogP contribution >= 0.6 is 11.6 Å². The summed E-state index contributed by atoms with van der Waals surface area (Å²) in [7, 11) is 0. The summed E-state index contributed by atoms with van der Waals surface area (Å²) in [5.74, 6) is -0.0242. The molecule has 1 aliphatic rings. The number of pyridine rings is 1. The van der Waals surface area contributed by atoms with Gasteiger partial charge in [0.1, 0.15) is 5.69 Å². The summed E-state index contributed by atoms with van der Waals surface area (Å²) in [6.07, 6.45) is 0.862. The van der Waals surface area contributed by atoms with Crippen molar-refractivity contribution >= 4 is 28.4 Å². The fraction of sp³-hybridized carbons (Fsp3) is 0.286. The molecule has 0 radical (unpaired) electrons. The third-order valence-electron chi connectivity index (χ3n) is 3.24. The van der Waals surface area contributed by atoms with Crippen molar-refractivity contribution in [2.45, 2.75) is 11.8 Å². The molecule has 1 aromatic carbocycles. The number of fused-ring (bicyclic) bond motifs is 1. The van der Waals surface area contributed by atoms with Gasteiger partial charge in [0.2, 0.25) is 0 Å². The number of carbonyl (C=O) groups is 1. The predicted molar refractivity (Wildman–Crippen MR) is 71.9 cm³/mol. The fourth-order valence-electron chi connectivity index (χ4n) is 2.25. The molecule has 18 heavy (non-hydrogen) atoms. The molecule has 1 atom stereocenters. The van der Waals surface area contributed by atoms with Crippen LogP contribution in [-0.4, -0.2) is 34.3 Å². The van der Waals surface area contributed by atoms with Crippen LogP contribution in [0.15, 0.2) is 36.4 Å². The Morgan fingerprint density at radius 2 is 2.11 bits per heavy atom. The Morgan fingerprint density at radius 1 is 1.28 bits per heavy atom. The largest absolute Gasteiger partial charge is 0.336 e. The van der Waals surface area contributed by atoms with Crippen molar-refractivity contribution in [3.63, 3.8) is 0 Å². The molecular formula is C14H13ClN2O. The predicted octanol–water partition coefficient (Wildman–Crippen LogP) is 2.69. The Labute approximate surface area is 110 Å². The van der Waals surface area contributed by atoms with E-state index in [0.29, 0.717) is 12.2 Å². The van der Waals surface area contributed by atoms with Crippen molar-refractivity contribution in [2.75, 3.05) is 13.1 Å². The molecule has 1 fully saturated rings. The highest BCUT2D eigenvalue weighted by molar-refractivity contribution is 6.21. The van der Waals surface area contributed by atoms with Crippen LogP contribution in [0.3, 0.4) is 0 Å². The summed E-state index contributed by atoms with van der Waals surface area (Å²) in [6, 6.07) is 11.5. The molecule has 1 aliphatic heterocycles. The lowest BCUT2D eigenvalue weighted by molar-refractivity contribution is 0.0787. The molecule has 1 aromatic heterocycles. The molecule has 92 valence electrons. The van der Waals surface area contributed by atoms with Gasteiger partial charge in [0, 0.05) is 18.5 Å². The molecule has 0 N–H and O–H groups in total. The first-order valence-corrected chi connectivity index (χ1v) is 6.47. The average molecular weight is 261 g/mol. The quantitative estimate of drug-likeness (QED) is 0.739. The Balaban J connectivity index is 1.92. The molecule has 0 spiro atoms. The maximum Gasteiger partial charge on any atom is 0.272 e. The minimum atomic E-state index is -0.0242. The number of aromatic nitrogens is 1. The van der Waals surface area contributed by atoms with Crippen molar-refractivity contribution in [1.29, 1.82) is 0 Å². The Kier molecular flexibility index (Phi) is 2.92. The highest BCUT2D eigenvalue weighted by Crippen LogP contribution is 2.18. The first kappa shape index (κ1) is 11.5. The van der Waals surface area contributed by atoms with Gasteiger partial charge in [0.25, 0.3) is 5.91 Å². The second-order valence-corrected chi connectivity index (χ2v) is 5.14. The monoisotopic (exact) mass is 260 g/mol. The van der Waals surface area contributed by atoms with Crippen LogP contribution in [0.1, 0.15) is 16.9 Å². The van der Waals surface area contributed by atoms with Gasteiger partial charge in [-0.1, -0.05) is 24.3 Å². The van der Waals surface area contributed by atoms with Gasteiger partial charge in [-0.2, -0.15) is 0 Å². The Bertz CT molecular complexity index is 599. The zero-order valence-corrected chi connectivity index (χ0v) is 10.6. The lowest BCUT2D eigenvalue weighted by atomic mass is 10.2. The van der Waals surface area contributed by atoms with Crippen molar-refractivity contribution < 1.29 is 4.79 Å². The number of nitrogens with zero attached hydrogens (tertiary/aromatic N) is 2. The van der Waals surface area contributed by atoms with Crippen LogP contribution in [0.4, 0.5) is 0 Å². The summed E-state index contributed by atoms with van der Waals surface area (Å²) in [4.78, 5) is 18.4. The molecule has 0 saturated carbocycles. The van der Waals surface area contributed by atoms with E-state index in [1.807, 2.05) is 30.3 Å². The van der Waals surface area contributed by atoms with E-state index in [2.05, 4.69) is 4.98 Å². The number of para-hydroxylation sites is 1. The molecule has 4 heteroatoms. The van der Waals surface area contributed by atoms with E-state index in [4.69, 9.17) is 11.6 Å². The van der Waals surface area contributed by atoms with Crippen LogP contribution in [-0.2, 0) is 0 Å². The Hall–Kier alpha value is -1.61. The fourth-order valence-corrected chi connectivity index (χ4v) is 2.51. The summed E-state index contributed by atoms with van der Waals surface area (Å²) >= 11 is 6.02. The molecule has 1 unspecified atom stereocenters. The number of carbonyl (C=O) groups excluding carboxylic acids is 1. The number of hydrogen-bond donors (Lipinski definition) is 0. The zero-order chi connectivity index (χ0) is 12.5. The second kappa shape index (κ2) is 4.58. The first-order chi connectivity index (χ1) is 8.74. The van der Waals surface area contributed by atoms with Crippen molar-refractivity contribution in [3.8, 4) is 0 Å². The minimum absolute atomic E-state index is 0.0242. The van der Waals surface area contributed by atoms with E-state index in [1.54, 1.807) is 11.0 Å². The number of likely N-dealkylation sites (tertiary alicyclic amines) is 1. The van der Waals surface area contributed by atoms with Gasteiger partial charge in [0.05, 0.1) is 10.9 Å². The third kappa shape index (κ3) is 2.06. The highest BCUT2D eigenvalue weighted by atomic mass is 35.5. The van der Waals surface area contributed by atoms with Crippen LogP contribution < -0.4 is 0 Å². The Morgan fingerprint density at radius 3 is 2.89 bits per heavy atom. The molecule has 1 saturated heterocycles. The minimum Gasteiger partial charge on any atom is -0.336 e. The molecule has 3 nitrogen and oxygen atoms in total. The van der Waals surface area contributed by atoms with Crippen LogP contribution in [0.5, 0.6) is 0 Å². The van der Waals surface area contributed by atoms with Crippen LogP contribution in [0, 0.1) is 0 Å². The van der Waals surface area contributed by atoms with Crippen molar-refractivity contribution in [2.24, 2.45) is 0 Å². The molecule has 2 heterocycles. The highest BCUT2D eigenvalue weighted by Gasteiger charge is 2.26. The van der Waals surface area contributed by atoms with E-state index in [-0.39, 0.29) is 11.3 Å². The topological polar surface area (TPSA) is 33.2 Å². The standard InChI is InChI=1S/C14H13ClN2O/c15-11-7-8-17(9-11)14(18)13-6-5-10-3-1-2-4-12(10)16-13/h1-6,11H,7-9H2. The summed E-state index contributed by atoms with van der Waals surface area (Å²) in [5.41, 5.74) is 1.35. The van der Waals surface area contributed by atoms with Gasteiger partial charge in [-0.3, -0.25) is 4.79 Å². The number of hydrogen-bond acceptors (Lipinski definition) is 2. The SMILES string of the molecule is O=C(c1ccc2ccccc2n1)N1CCC(Cl)C1. The molecule has 3 rings (SSSR count). The average Bonchev–Trinajstić information content (AvgIpc) is 2.84. The van der Waals surface area contributed by atoms with Gasteiger partial charge < -0.3 is 4.90 Å². The van der Waals surface area contributed by atoms with Gasteiger partial charge in [-0.05, 0) is 18.6 Å². The molecule has 0 bridgehead atoms. The van der Waals surface area contributed by atoms with E-state index in [9.17, 15) is 4.79 Å². The van der Waals surface area contributed by atoms with Gasteiger partial charge in [-0.15, -0.1) is 11.6 Å². The van der Waals surface area contributed by atoms with E-state index in [1.165, 1.54) is 0 Å². The number of amides is 1. The molecule has 0 aliphatic carbocycles. The maximum atomic E-state index is 12.2. The van der Waals surface area contributed by atoms with Gasteiger partial charge in [0.15, 0.2) is 0 Å². The van der Waals surface area contributed by atoms with Gasteiger partial charge in [-0.25, -0.2) is 4.98 Å². The van der Waals surface area contributed by atoms with Crippen molar-refractivity contribution in [3.05, 3.63) is 42.1 Å². The van der Waals surface area contributed by atoms with Crippen molar-refractivity contribution in [1.82, 2.24) is 9.88 Å².